The smallest absolute Gasteiger partial charge is 0.258 e. The summed E-state index contributed by atoms with van der Waals surface area (Å²) in [5.41, 5.74) is 3.14. The summed E-state index contributed by atoms with van der Waals surface area (Å²) in [5, 5.41) is 3.77. The number of rotatable bonds is 8. The van der Waals surface area contributed by atoms with Crippen LogP contribution in [0.5, 0.6) is 0 Å². The maximum absolute atomic E-state index is 13.5. The summed E-state index contributed by atoms with van der Waals surface area (Å²) in [6.45, 7) is 11.5. The highest BCUT2D eigenvalue weighted by Crippen LogP contribution is 2.35. The van der Waals surface area contributed by atoms with Crippen molar-refractivity contribution >= 4 is 33.8 Å². The lowest BCUT2D eigenvalue weighted by molar-refractivity contribution is -0.139. The molecular weight excluding hydrogens is 520 g/mol. The molecule has 1 amide bonds. The molecule has 0 radical (unpaired) electrons. The van der Waals surface area contributed by atoms with Gasteiger partial charge >= 0.3 is 0 Å². The van der Waals surface area contributed by atoms with Crippen LogP contribution < -0.4 is 5.56 Å². The second-order valence-electron chi connectivity index (χ2n) is 11.6. The van der Waals surface area contributed by atoms with Crippen LogP contribution in [0.1, 0.15) is 37.6 Å². The lowest BCUT2D eigenvalue weighted by atomic mass is 9.91. The molecule has 5 rings (SSSR count). The molecule has 0 spiro atoms. The van der Waals surface area contributed by atoms with Crippen LogP contribution in [0.25, 0.3) is 10.8 Å². The number of likely N-dealkylation sites (N-methyl/N-ethyl adjacent to an activating group) is 1. The van der Waals surface area contributed by atoms with Crippen molar-refractivity contribution in [3.05, 3.63) is 91.8 Å². The van der Waals surface area contributed by atoms with Crippen molar-refractivity contribution in [1.82, 2.24) is 19.3 Å². The zero-order chi connectivity index (χ0) is 28.6. The van der Waals surface area contributed by atoms with Crippen molar-refractivity contribution < 1.29 is 9.59 Å². The molecule has 3 heterocycles. The number of hydrogen-bond acceptors (Lipinski definition) is 6. The first-order valence-electron chi connectivity index (χ1n) is 13.9. The Labute approximate surface area is 240 Å². The van der Waals surface area contributed by atoms with Gasteiger partial charge in [0.25, 0.3) is 5.56 Å². The topological polar surface area (TPSA) is 65.9 Å². The molecule has 1 aliphatic heterocycles. The highest BCUT2D eigenvalue weighted by molar-refractivity contribution is 7.10. The van der Waals surface area contributed by atoms with Crippen LogP contribution >= 0.6 is 11.3 Å². The molecule has 0 fully saturated rings. The van der Waals surface area contributed by atoms with Crippen LogP contribution in [0.4, 0.5) is 0 Å². The number of amides is 1. The van der Waals surface area contributed by atoms with Gasteiger partial charge in [0.1, 0.15) is 5.70 Å². The van der Waals surface area contributed by atoms with Crippen LogP contribution in [0.15, 0.2) is 75.8 Å². The quantitative estimate of drug-likeness (QED) is 0.397. The van der Waals surface area contributed by atoms with Crippen molar-refractivity contribution in [2.75, 3.05) is 33.2 Å². The summed E-state index contributed by atoms with van der Waals surface area (Å²) < 4.78 is 1.78. The second-order valence-corrected chi connectivity index (χ2v) is 12.6. The lowest BCUT2D eigenvalue weighted by Gasteiger charge is -2.31. The Balaban J connectivity index is 1.40. The average molecular weight is 559 g/mol. The zero-order valence-electron chi connectivity index (χ0n) is 24.1. The molecule has 0 bridgehead atoms. The molecule has 0 saturated heterocycles. The van der Waals surface area contributed by atoms with Gasteiger partial charge in [-0.05, 0) is 73.9 Å². The number of carbonyl (C=O) groups is 2. The molecule has 210 valence electrons. The molecule has 0 atom stereocenters. The Morgan fingerprint density at radius 2 is 1.82 bits per heavy atom. The van der Waals surface area contributed by atoms with Crippen LogP contribution in [0, 0.1) is 12.3 Å². The van der Waals surface area contributed by atoms with E-state index in [2.05, 4.69) is 28.2 Å². The Kier molecular flexibility index (Phi) is 7.84. The summed E-state index contributed by atoms with van der Waals surface area (Å²) in [7, 11) is 1.98. The Bertz CT molecular complexity index is 1580. The van der Waals surface area contributed by atoms with Crippen LogP contribution in [-0.4, -0.2) is 64.2 Å². The van der Waals surface area contributed by atoms with Crippen LogP contribution in [0.3, 0.4) is 0 Å². The second kappa shape index (κ2) is 11.2. The van der Waals surface area contributed by atoms with E-state index in [9.17, 15) is 14.4 Å². The van der Waals surface area contributed by atoms with E-state index >= 15 is 0 Å². The van der Waals surface area contributed by atoms with E-state index in [0.717, 1.165) is 28.6 Å². The fourth-order valence-corrected chi connectivity index (χ4v) is 6.85. The van der Waals surface area contributed by atoms with Gasteiger partial charge in [-0.1, -0.05) is 18.2 Å². The first-order valence-corrected chi connectivity index (χ1v) is 14.8. The van der Waals surface area contributed by atoms with Gasteiger partial charge in [-0.2, -0.15) is 0 Å². The van der Waals surface area contributed by atoms with Gasteiger partial charge in [-0.3, -0.25) is 19.3 Å². The standard InChI is InChI=1S/C32H38N4O3S/c1-6-36-29-26(33(5)21-32(3,4)31(36)39)17-23(18-27(29)37)19-34(20-28-22(2)12-16-40-28)14-15-35-13-11-24-9-7-8-10-25(24)30(35)38/h7-13,16,18H,6,14-15,17,19-21H2,1-5H3. The van der Waals surface area contributed by atoms with Crippen molar-refractivity contribution in [2.45, 2.75) is 47.2 Å². The van der Waals surface area contributed by atoms with Crippen LogP contribution in [-0.2, 0) is 22.7 Å². The van der Waals surface area contributed by atoms with Gasteiger partial charge in [0, 0.05) is 74.9 Å². The number of aromatic nitrogens is 1. The molecule has 1 aliphatic carbocycles. The number of ketones is 1. The van der Waals surface area contributed by atoms with Crippen molar-refractivity contribution in [1.29, 1.82) is 0 Å². The highest BCUT2D eigenvalue weighted by atomic mass is 32.1. The van der Waals surface area contributed by atoms with Gasteiger partial charge in [0.05, 0.1) is 5.41 Å². The summed E-state index contributed by atoms with van der Waals surface area (Å²) in [4.78, 5) is 47.4. The largest absolute Gasteiger partial charge is 0.375 e. The molecular formula is C32H38N4O3S. The summed E-state index contributed by atoms with van der Waals surface area (Å²) in [6.07, 6.45) is 4.23. The monoisotopic (exact) mass is 558 g/mol. The van der Waals surface area contributed by atoms with Gasteiger partial charge in [-0.15, -0.1) is 11.3 Å². The number of allylic oxidation sites excluding steroid dienone is 2. The number of hydrogen-bond donors (Lipinski definition) is 0. The minimum absolute atomic E-state index is 0.00678. The number of benzene rings is 1. The molecule has 0 unspecified atom stereocenters. The Morgan fingerprint density at radius 3 is 2.55 bits per heavy atom. The van der Waals surface area contributed by atoms with Gasteiger partial charge in [0.15, 0.2) is 0 Å². The molecule has 3 aromatic rings. The Morgan fingerprint density at radius 1 is 1.05 bits per heavy atom. The summed E-state index contributed by atoms with van der Waals surface area (Å²) in [6, 6.07) is 11.8. The van der Waals surface area contributed by atoms with E-state index < -0.39 is 5.41 Å². The molecule has 8 heteroatoms. The zero-order valence-corrected chi connectivity index (χ0v) is 24.9. The molecule has 2 aliphatic rings. The maximum atomic E-state index is 13.5. The third-order valence-electron chi connectivity index (χ3n) is 8.05. The molecule has 0 saturated carbocycles. The first-order chi connectivity index (χ1) is 19.1. The third kappa shape index (κ3) is 5.43. The number of carbonyl (C=O) groups excluding carboxylic acids is 2. The molecule has 40 heavy (non-hydrogen) atoms. The van der Waals surface area contributed by atoms with Gasteiger partial charge < -0.3 is 14.4 Å². The first kappa shape index (κ1) is 28.1. The molecule has 7 nitrogen and oxygen atoms in total. The van der Waals surface area contributed by atoms with E-state index in [4.69, 9.17) is 0 Å². The fourth-order valence-electron chi connectivity index (χ4n) is 5.90. The van der Waals surface area contributed by atoms with Crippen LogP contribution in [0.2, 0.25) is 0 Å². The van der Waals surface area contributed by atoms with E-state index in [1.165, 1.54) is 10.4 Å². The maximum Gasteiger partial charge on any atom is 0.258 e. The highest BCUT2D eigenvalue weighted by Gasteiger charge is 2.42. The van der Waals surface area contributed by atoms with Crippen molar-refractivity contribution in [3.8, 4) is 0 Å². The van der Waals surface area contributed by atoms with E-state index in [-0.39, 0.29) is 17.2 Å². The normalized spacial score (nSPS) is 17.5. The molecule has 2 aromatic heterocycles. The minimum atomic E-state index is -0.585. The predicted octanol–water partition coefficient (Wildman–Crippen LogP) is 4.80. The van der Waals surface area contributed by atoms with Gasteiger partial charge in [0.2, 0.25) is 11.7 Å². The average Bonchev–Trinajstić information content (AvgIpc) is 3.30. The summed E-state index contributed by atoms with van der Waals surface area (Å²) >= 11 is 1.73. The number of thiophene rings is 1. The van der Waals surface area contributed by atoms with E-state index in [0.29, 0.717) is 44.8 Å². The number of fused-ring (bicyclic) bond motifs is 1. The van der Waals surface area contributed by atoms with Crippen molar-refractivity contribution in [3.63, 3.8) is 0 Å². The fraction of sp³-hybridized carbons (Fsp3) is 0.406. The molecule has 1 aromatic carbocycles. The molecule has 0 N–H and O–H groups in total. The number of nitrogens with zero attached hydrogens (tertiary/aromatic N) is 4. The van der Waals surface area contributed by atoms with Crippen molar-refractivity contribution in [2.24, 2.45) is 5.41 Å². The number of pyridine rings is 1. The predicted molar refractivity (Wildman–Crippen MR) is 161 cm³/mol. The minimum Gasteiger partial charge on any atom is -0.375 e. The van der Waals surface area contributed by atoms with E-state index in [1.54, 1.807) is 26.9 Å². The number of aryl methyl sites for hydroxylation is 1. The van der Waals surface area contributed by atoms with Gasteiger partial charge in [-0.25, -0.2) is 0 Å². The third-order valence-corrected chi connectivity index (χ3v) is 9.05. The van der Waals surface area contributed by atoms with E-state index in [1.807, 2.05) is 64.3 Å². The SMILES string of the molecule is CCN1C(=O)C(C)(C)CN(C)C2=C1C(=O)C=C(CN(CCn1ccc3ccccc3c1=O)Cc1sccc1C)C2. The lowest BCUT2D eigenvalue weighted by Crippen LogP contribution is -2.43. The Hall–Kier alpha value is -3.49. The summed E-state index contributed by atoms with van der Waals surface area (Å²) in [5.74, 6) is -0.110.